The second kappa shape index (κ2) is 5.26. The lowest BCUT2D eigenvalue weighted by Crippen LogP contribution is -2.14. The van der Waals surface area contributed by atoms with Crippen molar-refractivity contribution in [3.63, 3.8) is 0 Å². The second-order valence-corrected chi connectivity index (χ2v) is 3.05. The average molecular weight is 197 g/mol. The Balaban J connectivity index is 2.27. The number of nitrogens with one attached hydrogen (secondary N) is 2. The zero-order valence-electron chi connectivity index (χ0n) is 8.46. The number of ether oxygens (including phenoxy) is 1. The van der Waals surface area contributed by atoms with Gasteiger partial charge in [0.15, 0.2) is 5.82 Å². The van der Waals surface area contributed by atoms with Crippen LogP contribution in [0.25, 0.3) is 0 Å². The lowest BCUT2D eigenvalue weighted by molar-refractivity contribution is 0.160. The van der Waals surface area contributed by atoms with Crippen molar-refractivity contribution in [2.45, 2.75) is 26.7 Å². The number of aromatic nitrogens is 2. The maximum Gasteiger partial charge on any atom is 0.412 e. The lowest BCUT2D eigenvalue weighted by Gasteiger charge is -2.02. The van der Waals surface area contributed by atoms with Gasteiger partial charge in [-0.05, 0) is 13.3 Å². The van der Waals surface area contributed by atoms with Crippen LogP contribution in [0.1, 0.15) is 25.5 Å². The number of hydrogen-bond donors (Lipinski definition) is 2. The summed E-state index contributed by atoms with van der Waals surface area (Å²) in [6.07, 6.45) is 1.44. The third-order valence-electron chi connectivity index (χ3n) is 1.67. The predicted molar refractivity (Wildman–Crippen MR) is 53.2 cm³/mol. The Bertz CT molecular complexity index is 296. The first-order valence-electron chi connectivity index (χ1n) is 4.68. The largest absolute Gasteiger partial charge is 0.449 e. The van der Waals surface area contributed by atoms with Crippen molar-refractivity contribution in [2.24, 2.45) is 0 Å². The van der Waals surface area contributed by atoms with Crippen molar-refractivity contribution in [3.8, 4) is 0 Å². The van der Waals surface area contributed by atoms with E-state index in [1.807, 2.05) is 13.8 Å². The van der Waals surface area contributed by atoms with Gasteiger partial charge in [0, 0.05) is 11.8 Å². The van der Waals surface area contributed by atoms with Crippen molar-refractivity contribution >= 4 is 11.9 Å². The van der Waals surface area contributed by atoms with Gasteiger partial charge in [0.05, 0.1) is 6.61 Å². The summed E-state index contributed by atoms with van der Waals surface area (Å²) in [6, 6.07) is 1.74. The summed E-state index contributed by atoms with van der Waals surface area (Å²) in [5, 5.41) is 9.09. The third-order valence-corrected chi connectivity index (χ3v) is 1.67. The van der Waals surface area contributed by atoms with E-state index in [9.17, 15) is 4.79 Å². The molecule has 0 unspecified atom stereocenters. The lowest BCUT2D eigenvalue weighted by atomic mass is 10.4. The number of rotatable bonds is 4. The Morgan fingerprint density at radius 2 is 2.50 bits per heavy atom. The van der Waals surface area contributed by atoms with E-state index >= 15 is 0 Å². The van der Waals surface area contributed by atoms with Gasteiger partial charge in [0.2, 0.25) is 0 Å². The van der Waals surface area contributed by atoms with Crippen LogP contribution >= 0.6 is 0 Å². The molecule has 1 aromatic rings. The van der Waals surface area contributed by atoms with E-state index in [-0.39, 0.29) is 0 Å². The predicted octanol–water partition coefficient (Wildman–Crippen LogP) is 2.07. The van der Waals surface area contributed by atoms with Crippen LogP contribution < -0.4 is 5.32 Å². The maximum absolute atomic E-state index is 11.1. The molecule has 1 aromatic heterocycles. The summed E-state index contributed by atoms with van der Waals surface area (Å²) >= 11 is 0. The fourth-order valence-electron chi connectivity index (χ4n) is 0.932. The molecule has 0 aliphatic carbocycles. The molecular formula is C9H15N3O2. The Morgan fingerprint density at radius 1 is 1.71 bits per heavy atom. The molecule has 0 aliphatic heterocycles. The van der Waals surface area contributed by atoms with Crippen molar-refractivity contribution in [1.29, 1.82) is 0 Å². The molecule has 14 heavy (non-hydrogen) atoms. The molecule has 5 heteroatoms. The Labute approximate surface area is 82.8 Å². The zero-order valence-corrected chi connectivity index (χ0v) is 8.46. The summed E-state index contributed by atoms with van der Waals surface area (Å²) in [4.78, 5) is 11.1. The monoisotopic (exact) mass is 197 g/mol. The molecule has 0 fully saturated rings. The van der Waals surface area contributed by atoms with Crippen LogP contribution in [0, 0.1) is 6.92 Å². The molecule has 1 rings (SSSR count). The molecule has 0 saturated heterocycles. The number of unbranched alkanes of at least 4 members (excludes halogenated alkanes) is 1. The van der Waals surface area contributed by atoms with E-state index in [1.165, 1.54) is 0 Å². The molecule has 1 heterocycles. The van der Waals surface area contributed by atoms with E-state index in [1.54, 1.807) is 6.07 Å². The Morgan fingerprint density at radius 3 is 3.07 bits per heavy atom. The van der Waals surface area contributed by atoms with Gasteiger partial charge in [-0.3, -0.25) is 10.4 Å². The van der Waals surface area contributed by atoms with Crippen LogP contribution in [0.2, 0.25) is 0 Å². The minimum Gasteiger partial charge on any atom is -0.449 e. The van der Waals surface area contributed by atoms with Crippen LogP contribution in [-0.4, -0.2) is 22.9 Å². The minimum atomic E-state index is -0.454. The van der Waals surface area contributed by atoms with Crippen LogP contribution in [0.3, 0.4) is 0 Å². The van der Waals surface area contributed by atoms with Crippen molar-refractivity contribution in [3.05, 3.63) is 11.8 Å². The molecule has 0 radical (unpaired) electrons. The van der Waals surface area contributed by atoms with Crippen LogP contribution in [0.15, 0.2) is 6.07 Å². The van der Waals surface area contributed by atoms with Gasteiger partial charge in [-0.15, -0.1) is 0 Å². The van der Waals surface area contributed by atoms with Crippen molar-refractivity contribution in [2.75, 3.05) is 11.9 Å². The molecule has 0 aromatic carbocycles. The number of nitrogens with zero attached hydrogens (tertiary/aromatic N) is 1. The van der Waals surface area contributed by atoms with Gasteiger partial charge < -0.3 is 4.74 Å². The van der Waals surface area contributed by atoms with Gasteiger partial charge in [0.1, 0.15) is 0 Å². The van der Waals surface area contributed by atoms with Crippen molar-refractivity contribution in [1.82, 2.24) is 10.2 Å². The minimum absolute atomic E-state index is 0.450. The second-order valence-electron chi connectivity index (χ2n) is 3.05. The highest BCUT2D eigenvalue weighted by molar-refractivity contribution is 5.83. The third kappa shape index (κ3) is 3.47. The van der Waals surface area contributed by atoms with E-state index < -0.39 is 6.09 Å². The van der Waals surface area contributed by atoms with Crippen molar-refractivity contribution < 1.29 is 9.53 Å². The summed E-state index contributed by atoms with van der Waals surface area (Å²) in [5.41, 5.74) is 0.897. The van der Waals surface area contributed by atoms with Gasteiger partial charge in [-0.1, -0.05) is 13.3 Å². The highest BCUT2D eigenvalue weighted by atomic mass is 16.5. The molecule has 0 saturated carbocycles. The van der Waals surface area contributed by atoms with Crippen LogP contribution in [-0.2, 0) is 4.74 Å². The molecule has 2 N–H and O–H groups in total. The van der Waals surface area contributed by atoms with E-state index in [0.29, 0.717) is 12.4 Å². The number of amides is 1. The number of aromatic amines is 1. The Kier molecular flexibility index (Phi) is 3.97. The molecular weight excluding hydrogens is 182 g/mol. The summed E-state index contributed by atoms with van der Waals surface area (Å²) < 4.78 is 4.89. The van der Waals surface area contributed by atoms with Crippen LogP contribution in [0.5, 0.6) is 0 Å². The topological polar surface area (TPSA) is 67.0 Å². The summed E-state index contributed by atoms with van der Waals surface area (Å²) in [5.74, 6) is 0.490. The number of anilines is 1. The first kappa shape index (κ1) is 10.6. The fraction of sp³-hybridized carbons (Fsp3) is 0.556. The number of hydrogen-bond acceptors (Lipinski definition) is 3. The van der Waals surface area contributed by atoms with E-state index in [0.717, 1.165) is 18.5 Å². The van der Waals surface area contributed by atoms with E-state index in [4.69, 9.17) is 4.74 Å². The number of carbonyl (C=O) groups is 1. The SMILES string of the molecule is CCCCOC(=O)Nc1cc(C)[nH]n1. The maximum atomic E-state index is 11.1. The standard InChI is InChI=1S/C9H15N3O2/c1-3-4-5-14-9(13)10-8-6-7(2)11-12-8/h6H,3-5H2,1-2H3,(H2,10,11,12,13). The number of aryl methyl sites for hydroxylation is 1. The van der Waals surface area contributed by atoms with Gasteiger partial charge in [-0.25, -0.2) is 4.79 Å². The highest BCUT2D eigenvalue weighted by Gasteiger charge is 2.04. The first-order chi connectivity index (χ1) is 6.72. The molecule has 0 bridgehead atoms. The smallest absolute Gasteiger partial charge is 0.412 e. The average Bonchev–Trinajstić information content (AvgIpc) is 2.52. The molecule has 0 aliphatic rings. The first-order valence-corrected chi connectivity index (χ1v) is 4.68. The van der Waals surface area contributed by atoms with Gasteiger partial charge >= 0.3 is 6.09 Å². The quantitative estimate of drug-likeness (QED) is 0.726. The van der Waals surface area contributed by atoms with Crippen LogP contribution in [0.4, 0.5) is 10.6 Å². The number of carbonyl (C=O) groups excluding carboxylic acids is 1. The normalized spacial score (nSPS) is 9.86. The molecule has 5 nitrogen and oxygen atoms in total. The molecule has 1 amide bonds. The van der Waals surface area contributed by atoms with Gasteiger partial charge in [-0.2, -0.15) is 5.10 Å². The molecule has 78 valence electrons. The number of H-pyrrole nitrogens is 1. The zero-order chi connectivity index (χ0) is 10.4. The molecule has 0 spiro atoms. The van der Waals surface area contributed by atoms with E-state index in [2.05, 4.69) is 15.5 Å². The summed E-state index contributed by atoms with van der Waals surface area (Å²) in [7, 11) is 0. The Hall–Kier alpha value is -1.52. The molecule has 0 atom stereocenters. The fourth-order valence-corrected chi connectivity index (χ4v) is 0.932. The van der Waals surface area contributed by atoms with Gasteiger partial charge in [0.25, 0.3) is 0 Å². The highest BCUT2D eigenvalue weighted by Crippen LogP contribution is 2.04. The summed E-state index contributed by atoms with van der Waals surface area (Å²) in [6.45, 7) is 4.35.